The Morgan fingerprint density at radius 1 is 1.37 bits per heavy atom. The van der Waals surface area contributed by atoms with Crippen molar-refractivity contribution in [2.24, 2.45) is 0 Å². The van der Waals surface area contributed by atoms with Gasteiger partial charge in [0.1, 0.15) is 4.21 Å². The van der Waals surface area contributed by atoms with Crippen LogP contribution in [0.25, 0.3) is 11.3 Å². The van der Waals surface area contributed by atoms with Gasteiger partial charge in [0.05, 0.1) is 5.69 Å². The summed E-state index contributed by atoms with van der Waals surface area (Å²) in [6, 6.07) is 4.57. The van der Waals surface area contributed by atoms with Crippen LogP contribution in [0.5, 0.6) is 0 Å². The second-order valence-corrected chi connectivity index (χ2v) is 7.21. The fourth-order valence-electron chi connectivity index (χ4n) is 1.58. The molecule has 0 amide bonds. The minimum atomic E-state index is -3.42. The number of hydrogen-bond donors (Lipinski definition) is 2. The zero-order valence-electron chi connectivity index (χ0n) is 9.79. The molecule has 0 atom stereocenters. The monoisotopic (exact) mass is 297 g/mol. The Bertz CT molecular complexity index is 739. The van der Waals surface area contributed by atoms with Gasteiger partial charge in [-0.3, -0.25) is 4.79 Å². The van der Waals surface area contributed by atoms with Gasteiger partial charge in [0.15, 0.2) is 0 Å². The highest BCUT2D eigenvalue weighted by Gasteiger charge is 2.28. The van der Waals surface area contributed by atoms with Crippen molar-refractivity contribution in [1.82, 2.24) is 14.9 Å². The van der Waals surface area contributed by atoms with Crippen LogP contribution in [0, 0.1) is 0 Å². The topological polar surface area (TPSA) is 91.9 Å². The zero-order chi connectivity index (χ0) is 13.5. The molecule has 2 N–H and O–H groups in total. The first kappa shape index (κ1) is 12.5. The summed E-state index contributed by atoms with van der Waals surface area (Å²) < 4.78 is 26.9. The molecule has 8 heteroatoms. The molecule has 0 spiro atoms. The lowest BCUT2D eigenvalue weighted by Crippen LogP contribution is -2.24. The van der Waals surface area contributed by atoms with Crippen molar-refractivity contribution >= 4 is 21.4 Å². The largest absolute Gasteiger partial charge is 0.268 e. The minimum absolute atomic E-state index is 0.0850. The molecule has 1 saturated carbocycles. The van der Waals surface area contributed by atoms with Gasteiger partial charge in [-0.1, -0.05) is 0 Å². The number of H-pyrrole nitrogens is 1. The molecule has 19 heavy (non-hydrogen) atoms. The van der Waals surface area contributed by atoms with Crippen LogP contribution in [0.2, 0.25) is 0 Å². The van der Waals surface area contributed by atoms with E-state index in [0.29, 0.717) is 11.3 Å². The second-order valence-electron chi connectivity index (χ2n) is 4.36. The van der Waals surface area contributed by atoms with E-state index in [0.717, 1.165) is 24.2 Å². The summed E-state index contributed by atoms with van der Waals surface area (Å²) in [6.07, 6.45) is 1.80. The summed E-state index contributed by atoms with van der Waals surface area (Å²) in [7, 11) is -3.42. The lowest BCUT2D eigenvalue weighted by molar-refractivity contribution is 0.583. The van der Waals surface area contributed by atoms with Gasteiger partial charge in [-0.2, -0.15) is 5.10 Å². The Balaban J connectivity index is 1.90. The molecular formula is C11H11N3O3S2. The van der Waals surface area contributed by atoms with Crippen molar-refractivity contribution in [3.63, 3.8) is 0 Å². The number of hydrogen-bond acceptors (Lipinski definition) is 5. The molecule has 2 heterocycles. The predicted octanol–water partition coefficient (Wildman–Crippen LogP) is 0.939. The molecule has 0 unspecified atom stereocenters. The van der Waals surface area contributed by atoms with Crippen molar-refractivity contribution in [2.75, 3.05) is 0 Å². The first-order valence-corrected chi connectivity index (χ1v) is 8.08. The normalized spacial score (nSPS) is 15.6. The number of nitrogens with zero attached hydrogens (tertiary/aromatic N) is 1. The highest BCUT2D eigenvalue weighted by molar-refractivity contribution is 7.91. The fourth-order valence-corrected chi connectivity index (χ4v) is 4.07. The third-order valence-electron chi connectivity index (χ3n) is 2.71. The molecule has 2 aromatic rings. The zero-order valence-corrected chi connectivity index (χ0v) is 11.4. The number of aromatic nitrogens is 2. The Hall–Kier alpha value is -1.51. The first-order chi connectivity index (χ1) is 9.04. The van der Waals surface area contributed by atoms with Gasteiger partial charge in [-0.15, -0.1) is 11.3 Å². The van der Waals surface area contributed by atoms with Gasteiger partial charge >= 0.3 is 0 Å². The van der Waals surface area contributed by atoms with E-state index in [1.165, 1.54) is 6.07 Å². The highest BCUT2D eigenvalue weighted by atomic mass is 32.2. The van der Waals surface area contributed by atoms with Crippen LogP contribution in [0.1, 0.15) is 12.8 Å². The summed E-state index contributed by atoms with van der Waals surface area (Å²) in [5.41, 5.74) is 0.934. The molecule has 1 aliphatic rings. The van der Waals surface area contributed by atoms with E-state index in [4.69, 9.17) is 0 Å². The summed E-state index contributed by atoms with van der Waals surface area (Å²) in [5, 5.41) is 7.90. The van der Waals surface area contributed by atoms with Crippen LogP contribution in [0.4, 0.5) is 0 Å². The number of sulfonamides is 1. The van der Waals surface area contributed by atoms with Crippen LogP contribution in [0.15, 0.2) is 32.6 Å². The first-order valence-electron chi connectivity index (χ1n) is 5.71. The summed E-state index contributed by atoms with van der Waals surface area (Å²) in [5.74, 6) is 0. The molecule has 0 bridgehead atoms. The average molecular weight is 297 g/mol. The van der Waals surface area contributed by atoms with Gasteiger partial charge in [0.25, 0.3) is 5.56 Å². The summed E-state index contributed by atoms with van der Waals surface area (Å²) in [6.45, 7) is 0. The Morgan fingerprint density at radius 2 is 2.16 bits per heavy atom. The highest BCUT2D eigenvalue weighted by Crippen LogP contribution is 2.28. The van der Waals surface area contributed by atoms with Gasteiger partial charge < -0.3 is 0 Å². The lowest BCUT2D eigenvalue weighted by Gasteiger charge is -2.01. The number of nitrogens with one attached hydrogen (secondary N) is 2. The van der Waals surface area contributed by atoms with Crippen molar-refractivity contribution in [1.29, 1.82) is 0 Å². The smallest absolute Gasteiger partial charge is 0.264 e. The minimum Gasteiger partial charge on any atom is -0.268 e. The SMILES string of the molecule is O=c1ccc(-c2csc(S(=O)(=O)NC3CC3)c2)n[nH]1. The van der Waals surface area contributed by atoms with Crippen molar-refractivity contribution in [3.05, 3.63) is 33.9 Å². The van der Waals surface area contributed by atoms with E-state index < -0.39 is 10.0 Å². The third kappa shape index (κ3) is 2.75. The maximum atomic E-state index is 12.0. The van der Waals surface area contributed by atoms with Gasteiger partial charge in [-0.05, 0) is 25.0 Å². The van der Waals surface area contributed by atoms with Crippen LogP contribution >= 0.6 is 11.3 Å². The maximum absolute atomic E-state index is 12.0. The number of aromatic amines is 1. The second kappa shape index (κ2) is 4.55. The maximum Gasteiger partial charge on any atom is 0.264 e. The summed E-state index contributed by atoms with van der Waals surface area (Å²) >= 11 is 1.14. The van der Waals surface area contributed by atoms with Crippen LogP contribution < -0.4 is 10.3 Å². The van der Waals surface area contributed by atoms with Gasteiger partial charge in [-0.25, -0.2) is 18.2 Å². The van der Waals surface area contributed by atoms with E-state index in [-0.39, 0.29) is 15.8 Å². The van der Waals surface area contributed by atoms with Crippen molar-refractivity contribution in [2.45, 2.75) is 23.1 Å². The predicted molar refractivity (Wildman–Crippen MR) is 71.5 cm³/mol. The van der Waals surface area contributed by atoms with E-state index in [9.17, 15) is 13.2 Å². The molecule has 0 radical (unpaired) electrons. The van der Waals surface area contributed by atoms with Crippen molar-refractivity contribution in [3.8, 4) is 11.3 Å². The molecule has 3 rings (SSSR count). The molecule has 1 aliphatic carbocycles. The van der Waals surface area contributed by atoms with Crippen LogP contribution in [0.3, 0.4) is 0 Å². The fraction of sp³-hybridized carbons (Fsp3) is 0.273. The molecule has 1 fully saturated rings. The Labute approximate surface area is 113 Å². The van der Waals surface area contributed by atoms with Crippen LogP contribution in [-0.4, -0.2) is 24.7 Å². The lowest BCUT2D eigenvalue weighted by atomic mass is 10.2. The van der Waals surface area contributed by atoms with E-state index in [1.807, 2.05) is 0 Å². The Morgan fingerprint density at radius 3 is 2.79 bits per heavy atom. The van der Waals surface area contributed by atoms with E-state index in [2.05, 4.69) is 14.9 Å². The third-order valence-corrected chi connectivity index (χ3v) is 5.67. The molecule has 100 valence electrons. The quantitative estimate of drug-likeness (QED) is 0.878. The van der Waals surface area contributed by atoms with Crippen molar-refractivity contribution < 1.29 is 8.42 Å². The molecule has 0 aromatic carbocycles. The van der Waals surface area contributed by atoms with Gasteiger partial charge in [0.2, 0.25) is 10.0 Å². The van der Waals surface area contributed by atoms with E-state index in [1.54, 1.807) is 17.5 Å². The molecule has 0 saturated heterocycles. The molecule has 0 aliphatic heterocycles. The average Bonchev–Trinajstić information content (AvgIpc) is 3.02. The molecule has 6 nitrogen and oxygen atoms in total. The van der Waals surface area contributed by atoms with Gasteiger partial charge in [0, 0.05) is 23.1 Å². The van der Waals surface area contributed by atoms with E-state index >= 15 is 0 Å². The Kier molecular flexibility index (Phi) is 3.00. The number of rotatable bonds is 4. The summed E-state index contributed by atoms with van der Waals surface area (Å²) in [4.78, 5) is 10.9. The number of thiophene rings is 1. The standard InChI is InChI=1S/C11H11N3O3S2/c15-10-4-3-9(12-13-10)7-5-11(18-6-7)19(16,17)14-8-1-2-8/h3-6,8,14H,1-2H2,(H,13,15). The molecular weight excluding hydrogens is 286 g/mol. The molecule has 2 aromatic heterocycles. The van der Waals surface area contributed by atoms with Crippen LogP contribution in [-0.2, 0) is 10.0 Å².